The van der Waals surface area contributed by atoms with E-state index in [2.05, 4.69) is 9.97 Å². The van der Waals surface area contributed by atoms with Gasteiger partial charge in [0.25, 0.3) is 5.56 Å². The summed E-state index contributed by atoms with van der Waals surface area (Å²) in [6, 6.07) is 5.82. The minimum Gasteiger partial charge on any atom is -0.481 e. The first kappa shape index (κ1) is 14.2. The van der Waals surface area contributed by atoms with Crippen LogP contribution in [0.5, 0.6) is 0 Å². The van der Waals surface area contributed by atoms with Gasteiger partial charge >= 0.3 is 5.97 Å². The summed E-state index contributed by atoms with van der Waals surface area (Å²) >= 11 is 0. The first-order chi connectivity index (χ1) is 10.5. The lowest BCUT2D eigenvalue weighted by Crippen LogP contribution is -2.10. The number of carbonyl (C=O) groups is 1. The molecule has 0 aliphatic rings. The Kier molecular flexibility index (Phi) is 3.36. The molecule has 3 N–H and O–H groups in total. The van der Waals surface area contributed by atoms with Crippen molar-refractivity contribution in [3.63, 3.8) is 0 Å². The molecule has 0 spiro atoms. The monoisotopic (exact) mass is 299 g/mol. The number of benzene rings is 1. The second kappa shape index (κ2) is 5.22. The van der Waals surface area contributed by atoms with Crippen molar-refractivity contribution in [1.82, 2.24) is 9.97 Å². The number of nitrogens with zero attached hydrogens (tertiary/aromatic N) is 1. The minimum absolute atomic E-state index is 0.0363. The van der Waals surface area contributed by atoms with Gasteiger partial charge in [0.15, 0.2) is 0 Å². The number of aromatic amines is 2. The topological polar surface area (TPSA) is 89.2 Å². The van der Waals surface area contributed by atoms with E-state index < -0.39 is 5.97 Å². The Labute approximate surface area is 126 Å². The number of fused-ring (bicyclic) bond motifs is 3. The van der Waals surface area contributed by atoms with Gasteiger partial charge < -0.3 is 20.0 Å². The molecule has 0 saturated carbocycles. The van der Waals surface area contributed by atoms with Crippen LogP contribution in [-0.2, 0) is 11.2 Å². The number of hydrogen-bond acceptors (Lipinski definition) is 3. The van der Waals surface area contributed by atoms with Crippen molar-refractivity contribution in [1.29, 1.82) is 0 Å². The fourth-order valence-corrected chi connectivity index (χ4v) is 2.70. The maximum absolute atomic E-state index is 12.1. The Balaban J connectivity index is 2.30. The molecule has 0 unspecified atom stereocenters. The molecule has 0 saturated heterocycles. The van der Waals surface area contributed by atoms with Crippen molar-refractivity contribution in [2.75, 3.05) is 19.0 Å². The summed E-state index contributed by atoms with van der Waals surface area (Å²) < 4.78 is 0. The number of H-pyrrole nitrogens is 2. The highest BCUT2D eigenvalue weighted by Gasteiger charge is 2.13. The molecule has 3 aromatic rings. The summed E-state index contributed by atoms with van der Waals surface area (Å²) in [6.07, 6.45) is 2.15. The molecule has 2 heterocycles. The van der Waals surface area contributed by atoms with E-state index in [-0.39, 0.29) is 12.0 Å². The van der Waals surface area contributed by atoms with Crippen LogP contribution >= 0.6 is 0 Å². The average Bonchev–Trinajstić information content (AvgIpc) is 2.89. The molecule has 0 amide bonds. The van der Waals surface area contributed by atoms with Crippen LogP contribution in [-0.4, -0.2) is 35.1 Å². The van der Waals surface area contributed by atoms with Gasteiger partial charge in [0.05, 0.1) is 0 Å². The highest BCUT2D eigenvalue weighted by Crippen LogP contribution is 2.28. The van der Waals surface area contributed by atoms with Crippen LogP contribution in [0.4, 0.5) is 5.69 Å². The van der Waals surface area contributed by atoms with E-state index in [9.17, 15) is 9.59 Å². The van der Waals surface area contributed by atoms with Crippen molar-refractivity contribution in [2.45, 2.75) is 12.8 Å². The van der Waals surface area contributed by atoms with Crippen LogP contribution in [0.15, 0.2) is 29.2 Å². The predicted octanol–water partition coefficient (Wildman–Crippen LogP) is 2.09. The number of carboxylic acids is 1. The molecule has 0 fully saturated rings. The summed E-state index contributed by atoms with van der Waals surface area (Å²) in [7, 11) is 3.90. The zero-order valence-corrected chi connectivity index (χ0v) is 12.4. The second-order valence-corrected chi connectivity index (χ2v) is 5.54. The zero-order chi connectivity index (χ0) is 15.9. The van der Waals surface area contributed by atoms with E-state index in [1.807, 2.05) is 37.2 Å². The van der Waals surface area contributed by atoms with Gasteiger partial charge in [0.1, 0.15) is 5.52 Å². The highest BCUT2D eigenvalue weighted by molar-refractivity contribution is 6.07. The van der Waals surface area contributed by atoms with Gasteiger partial charge in [-0.25, -0.2) is 0 Å². The Bertz CT molecular complexity index is 921. The van der Waals surface area contributed by atoms with Gasteiger partial charge in [-0.2, -0.15) is 0 Å². The third kappa shape index (κ3) is 2.32. The molecular weight excluding hydrogens is 282 g/mol. The summed E-state index contributed by atoms with van der Waals surface area (Å²) in [5.41, 5.74) is 2.92. The minimum atomic E-state index is -0.850. The predicted molar refractivity (Wildman–Crippen MR) is 86.7 cm³/mol. The number of carboxylic acid groups (broad SMARTS) is 1. The van der Waals surface area contributed by atoms with Gasteiger partial charge in [-0.15, -0.1) is 0 Å². The van der Waals surface area contributed by atoms with Gasteiger partial charge in [-0.1, -0.05) is 0 Å². The third-order valence-corrected chi connectivity index (χ3v) is 3.83. The van der Waals surface area contributed by atoms with E-state index in [4.69, 9.17) is 5.11 Å². The molecule has 2 aromatic heterocycles. The lowest BCUT2D eigenvalue weighted by Gasteiger charge is -2.13. The second-order valence-electron chi connectivity index (χ2n) is 5.54. The van der Waals surface area contributed by atoms with Crippen LogP contribution in [0, 0.1) is 0 Å². The first-order valence-corrected chi connectivity index (χ1v) is 7.02. The molecule has 0 radical (unpaired) electrons. The normalized spacial score (nSPS) is 11.2. The van der Waals surface area contributed by atoms with E-state index >= 15 is 0 Å². The van der Waals surface area contributed by atoms with Gasteiger partial charge in [0.2, 0.25) is 0 Å². The van der Waals surface area contributed by atoms with Gasteiger partial charge in [0, 0.05) is 48.7 Å². The molecule has 0 aliphatic carbocycles. The van der Waals surface area contributed by atoms with Crippen molar-refractivity contribution in [3.8, 4) is 0 Å². The summed E-state index contributed by atoms with van der Waals surface area (Å²) in [5.74, 6) is -0.850. The fourth-order valence-electron chi connectivity index (χ4n) is 2.70. The Hall–Kier alpha value is -2.76. The molecule has 3 rings (SSSR count). The standard InChI is InChI=1S/C16H17N3O3/c1-19(2)10-4-5-12-11(7-10)14-9(3-6-13(20)21)8-17-15(14)16(22)18-12/h4-5,7-8,17H,3,6H2,1-2H3,(H,18,22)(H,20,21). The first-order valence-electron chi connectivity index (χ1n) is 7.02. The maximum Gasteiger partial charge on any atom is 0.303 e. The maximum atomic E-state index is 12.1. The molecule has 0 bridgehead atoms. The van der Waals surface area contributed by atoms with Crippen LogP contribution in [0.25, 0.3) is 21.8 Å². The Morgan fingerprint density at radius 3 is 2.77 bits per heavy atom. The molecule has 0 aliphatic heterocycles. The quantitative estimate of drug-likeness (QED) is 0.688. The van der Waals surface area contributed by atoms with Crippen molar-refractivity contribution >= 4 is 33.5 Å². The number of aryl methyl sites for hydroxylation is 1. The number of hydrogen-bond donors (Lipinski definition) is 3. The number of rotatable bonds is 4. The molecule has 6 nitrogen and oxygen atoms in total. The highest BCUT2D eigenvalue weighted by atomic mass is 16.4. The van der Waals surface area contributed by atoms with E-state index in [1.54, 1.807) is 6.20 Å². The largest absolute Gasteiger partial charge is 0.481 e. The van der Waals surface area contributed by atoms with Crippen LogP contribution in [0.2, 0.25) is 0 Å². The van der Waals surface area contributed by atoms with Crippen LogP contribution < -0.4 is 10.5 Å². The Morgan fingerprint density at radius 2 is 2.09 bits per heavy atom. The summed E-state index contributed by atoms with van der Waals surface area (Å²) in [5, 5.41) is 10.6. The van der Waals surface area contributed by atoms with E-state index in [1.165, 1.54) is 0 Å². The van der Waals surface area contributed by atoms with Crippen molar-refractivity contribution < 1.29 is 9.90 Å². The molecule has 114 valence electrons. The van der Waals surface area contributed by atoms with Gasteiger partial charge in [-0.3, -0.25) is 9.59 Å². The molecule has 6 heteroatoms. The third-order valence-electron chi connectivity index (χ3n) is 3.83. The van der Waals surface area contributed by atoms with Crippen LogP contribution in [0.1, 0.15) is 12.0 Å². The summed E-state index contributed by atoms with van der Waals surface area (Å²) in [6.45, 7) is 0. The lowest BCUT2D eigenvalue weighted by molar-refractivity contribution is -0.136. The molecule has 1 aromatic carbocycles. The number of aliphatic carboxylic acids is 1. The molecular formula is C16H17N3O3. The number of pyridine rings is 1. The smallest absolute Gasteiger partial charge is 0.303 e. The average molecular weight is 299 g/mol. The number of nitrogens with one attached hydrogen (secondary N) is 2. The molecule has 0 atom stereocenters. The van der Waals surface area contributed by atoms with E-state index in [0.29, 0.717) is 11.9 Å². The fraction of sp³-hybridized carbons (Fsp3) is 0.250. The summed E-state index contributed by atoms with van der Waals surface area (Å²) in [4.78, 5) is 30.8. The van der Waals surface area contributed by atoms with Crippen LogP contribution in [0.3, 0.4) is 0 Å². The zero-order valence-electron chi connectivity index (χ0n) is 12.4. The van der Waals surface area contributed by atoms with Crippen molar-refractivity contribution in [2.24, 2.45) is 0 Å². The number of aromatic nitrogens is 2. The van der Waals surface area contributed by atoms with Gasteiger partial charge in [-0.05, 0) is 30.2 Å². The number of anilines is 1. The lowest BCUT2D eigenvalue weighted by atomic mass is 10.0. The Morgan fingerprint density at radius 1 is 1.32 bits per heavy atom. The van der Waals surface area contributed by atoms with E-state index in [0.717, 1.165) is 27.5 Å². The SMILES string of the molecule is CN(C)c1ccc2[nH]c(=O)c3[nH]cc(CCC(=O)O)c3c2c1. The van der Waals surface area contributed by atoms with Crippen molar-refractivity contribution in [3.05, 3.63) is 40.3 Å². The molecule has 22 heavy (non-hydrogen) atoms.